The summed E-state index contributed by atoms with van der Waals surface area (Å²) < 4.78 is 6.69. The molecule has 1 fully saturated rings. The third-order valence-corrected chi connectivity index (χ3v) is 11.6. The van der Waals surface area contributed by atoms with Crippen molar-refractivity contribution >= 4 is 8.32 Å². The molecule has 1 aromatic carbocycles. The van der Waals surface area contributed by atoms with Crippen LogP contribution in [-0.4, -0.2) is 31.4 Å². The first kappa shape index (κ1) is 22.6. The Kier molecular flexibility index (Phi) is 7.75. The summed E-state index contributed by atoms with van der Waals surface area (Å²) in [5.74, 6) is 0. The molecule has 1 aromatic rings. The number of hydrogen-bond donors (Lipinski definition) is 0. The van der Waals surface area contributed by atoms with Crippen molar-refractivity contribution in [2.75, 3.05) is 6.61 Å². The Morgan fingerprint density at radius 1 is 1.07 bits per heavy atom. The van der Waals surface area contributed by atoms with Gasteiger partial charge in [0.05, 0.1) is 0 Å². The lowest BCUT2D eigenvalue weighted by molar-refractivity contribution is 0.0491. The standard InChI is InChI=1S/C24H43NOSi/c1-8-16-24(17-9-2)18-15-22(20-26-27(6,7)23(3,4)5)25(24)19-21-13-11-10-12-14-21/h10-14,22H,8-9,15-20H2,1-7H3/t22-/m1/s1. The van der Waals surface area contributed by atoms with E-state index < -0.39 is 8.32 Å². The molecule has 1 heterocycles. The van der Waals surface area contributed by atoms with Crippen LogP contribution in [0, 0.1) is 0 Å². The number of likely N-dealkylation sites (tertiary alicyclic amines) is 1. The Hall–Kier alpha value is -0.643. The Bertz CT molecular complexity index is 557. The molecule has 1 aliphatic heterocycles. The molecule has 2 nitrogen and oxygen atoms in total. The van der Waals surface area contributed by atoms with Crippen LogP contribution >= 0.6 is 0 Å². The number of rotatable bonds is 9. The average molecular weight is 390 g/mol. The monoisotopic (exact) mass is 389 g/mol. The van der Waals surface area contributed by atoms with Gasteiger partial charge in [-0.3, -0.25) is 4.90 Å². The summed E-state index contributed by atoms with van der Waals surface area (Å²) in [7, 11) is -1.70. The third kappa shape index (κ3) is 5.46. The van der Waals surface area contributed by atoms with Crippen LogP contribution in [0.5, 0.6) is 0 Å². The molecule has 1 atom stereocenters. The molecule has 0 saturated carbocycles. The number of hydrogen-bond acceptors (Lipinski definition) is 2. The summed E-state index contributed by atoms with van der Waals surface area (Å²) in [6.45, 7) is 18.4. The first-order valence-corrected chi connectivity index (χ1v) is 14.0. The summed E-state index contributed by atoms with van der Waals surface area (Å²) in [5, 5.41) is 0.278. The number of nitrogens with zero attached hydrogens (tertiary/aromatic N) is 1. The normalized spacial score (nSPS) is 20.9. The van der Waals surface area contributed by atoms with Gasteiger partial charge >= 0.3 is 0 Å². The lowest BCUT2D eigenvalue weighted by Crippen LogP contribution is -2.50. The van der Waals surface area contributed by atoms with Gasteiger partial charge in [0.15, 0.2) is 8.32 Å². The smallest absolute Gasteiger partial charge is 0.192 e. The highest BCUT2D eigenvalue weighted by molar-refractivity contribution is 6.74. The summed E-state index contributed by atoms with van der Waals surface area (Å²) in [5.41, 5.74) is 1.80. The van der Waals surface area contributed by atoms with E-state index in [1.54, 1.807) is 0 Å². The summed E-state index contributed by atoms with van der Waals surface area (Å²) in [6.07, 6.45) is 7.76. The van der Waals surface area contributed by atoms with E-state index in [0.29, 0.717) is 11.6 Å². The molecule has 0 radical (unpaired) electrons. The zero-order valence-electron chi connectivity index (χ0n) is 19.0. The van der Waals surface area contributed by atoms with E-state index in [1.165, 1.54) is 44.1 Å². The van der Waals surface area contributed by atoms with Gasteiger partial charge in [-0.05, 0) is 49.4 Å². The lowest BCUT2D eigenvalue weighted by atomic mass is 9.86. The van der Waals surface area contributed by atoms with Crippen molar-refractivity contribution in [3.63, 3.8) is 0 Å². The van der Waals surface area contributed by atoms with Crippen molar-refractivity contribution in [1.29, 1.82) is 0 Å². The van der Waals surface area contributed by atoms with Crippen molar-refractivity contribution in [1.82, 2.24) is 4.90 Å². The molecule has 0 N–H and O–H groups in total. The summed E-state index contributed by atoms with van der Waals surface area (Å²) >= 11 is 0. The van der Waals surface area contributed by atoms with Gasteiger partial charge in [-0.1, -0.05) is 77.8 Å². The fourth-order valence-corrected chi connectivity index (χ4v) is 5.53. The molecule has 2 rings (SSSR count). The summed E-state index contributed by atoms with van der Waals surface area (Å²) in [4.78, 5) is 2.84. The van der Waals surface area contributed by atoms with E-state index in [4.69, 9.17) is 4.43 Å². The predicted octanol–water partition coefficient (Wildman–Crippen LogP) is 7.01. The number of benzene rings is 1. The van der Waals surface area contributed by atoms with Crippen LogP contribution in [0.2, 0.25) is 18.1 Å². The van der Waals surface area contributed by atoms with Crippen molar-refractivity contribution in [3.05, 3.63) is 35.9 Å². The molecule has 3 heteroatoms. The van der Waals surface area contributed by atoms with Crippen LogP contribution in [0.15, 0.2) is 30.3 Å². The maximum atomic E-state index is 6.69. The second kappa shape index (κ2) is 9.24. The Morgan fingerprint density at radius 3 is 2.19 bits per heavy atom. The maximum absolute atomic E-state index is 6.69. The van der Waals surface area contributed by atoms with Gasteiger partial charge in [0.25, 0.3) is 0 Å². The SMILES string of the molecule is CCCC1(CCC)CC[C@H](CO[Si](C)(C)C(C)(C)C)N1Cc1ccccc1. The van der Waals surface area contributed by atoms with Crippen LogP contribution in [0.3, 0.4) is 0 Å². The van der Waals surface area contributed by atoms with E-state index in [-0.39, 0.29) is 5.04 Å². The van der Waals surface area contributed by atoms with Crippen LogP contribution in [0.4, 0.5) is 0 Å². The van der Waals surface area contributed by atoms with Gasteiger partial charge in [0.1, 0.15) is 0 Å². The summed E-state index contributed by atoms with van der Waals surface area (Å²) in [6, 6.07) is 11.6. The zero-order valence-corrected chi connectivity index (χ0v) is 20.0. The largest absolute Gasteiger partial charge is 0.415 e. The highest BCUT2D eigenvalue weighted by atomic mass is 28.4. The van der Waals surface area contributed by atoms with Crippen LogP contribution in [0.1, 0.15) is 78.7 Å². The quantitative estimate of drug-likeness (QED) is 0.421. The van der Waals surface area contributed by atoms with Crippen LogP contribution in [-0.2, 0) is 11.0 Å². The van der Waals surface area contributed by atoms with Crippen LogP contribution < -0.4 is 0 Å². The Morgan fingerprint density at radius 2 is 1.67 bits per heavy atom. The van der Waals surface area contributed by atoms with Gasteiger partial charge in [0, 0.05) is 24.7 Å². The Balaban J connectivity index is 2.21. The topological polar surface area (TPSA) is 12.5 Å². The molecule has 27 heavy (non-hydrogen) atoms. The van der Waals surface area contributed by atoms with Gasteiger partial charge in [-0.25, -0.2) is 0 Å². The molecule has 1 saturated heterocycles. The lowest BCUT2D eigenvalue weighted by Gasteiger charge is -2.43. The molecule has 1 aliphatic rings. The van der Waals surface area contributed by atoms with Crippen LogP contribution in [0.25, 0.3) is 0 Å². The molecule has 0 unspecified atom stereocenters. The third-order valence-electron chi connectivity index (χ3n) is 7.06. The zero-order chi connectivity index (χ0) is 20.1. The fraction of sp³-hybridized carbons (Fsp3) is 0.750. The average Bonchev–Trinajstić information content (AvgIpc) is 2.91. The highest BCUT2D eigenvalue weighted by Gasteiger charge is 2.46. The molecule has 0 spiro atoms. The molecular weight excluding hydrogens is 346 g/mol. The minimum absolute atomic E-state index is 0.278. The first-order chi connectivity index (χ1) is 12.6. The predicted molar refractivity (Wildman–Crippen MR) is 121 cm³/mol. The van der Waals surface area contributed by atoms with Crippen molar-refractivity contribution < 1.29 is 4.43 Å². The maximum Gasteiger partial charge on any atom is 0.192 e. The minimum Gasteiger partial charge on any atom is -0.415 e. The van der Waals surface area contributed by atoms with E-state index >= 15 is 0 Å². The van der Waals surface area contributed by atoms with Gasteiger partial charge in [0.2, 0.25) is 0 Å². The molecule has 0 aromatic heterocycles. The second-order valence-corrected chi connectivity index (χ2v) is 14.9. The highest BCUT2D eigenvalue weighted by Crippen LogP contribution is 2.43. The van der Waals surface area contributed by atoms with E-state index in [2.05, 4.69) is 82.9 Å². The minimum atomic E-state index is -1.70. The van der Waals surface area contributed by atoms with E-state index in [0.717, 1.165) is 13.2 Å². The van der Waals surface area contributed by atoms with Crippen molar-refractivity contribution in [2.45, 2.75) is 109 Å². The van der Waals surface area contributed by atoms with Gasteiger partial charge in [-0.2, -0.15) is 0 Å². The molecule has 0 aliphatic carbocycles. The molecule has 154 valence electrons. The first-order valence-electron chi connectivity index (χ1n) is 11.1. The molecule has 0 bridgehead atoms. The molecule has 0 amide bonds. The van der Waals surface area contributed by atoms with Gasteiger partial charge in [-0.15, -0.1) is 0 Å². The van der Waals surface area contributed by atoms with Crippen molar-refractivity contribution in [2.24, 2.45) is 0 Å². The van der Waals surface area contributed by atoms with Gasteiger partial charge < -0.3 is 4.43 Å². The molecular formula is C24H43NOSi. The van der Waals surface area contributed by atoms with E-state index in [9.17, 15) is 0 Å². The van der Waals surface area contributed by atoms with Crippen molar-refractivity contribution in [3.8, 4) is 0 Å². The van der Waals surface area contributed by atoms with E-state index in [1.807, 2.05) is 0 Å². The Labute approximate surface area is 169 Å². The second-order valence-electron chi connectivity index (χ2n) is 10.1. The fourth-order valence-electron chi connectivity index (χ4n) is 4.49.